The van der Waals surface area contributed by atoms with Crippen LogP contribution in [0.15, 0.2) is 53.4 Å². The van der Waals surface area contributed by atoms with E-state index in [9.17, 15) is 8.42 Å². The molecule has 0 aliphatic heterocycles. The lowest BCUT2D eigenvalue weighted by molar-refractivity contribution is 0.282. The van der Waals surface area contributed by atoms with Gasteiger partial charge in [0.15, 0.2) is 0 Å². The van der Waals surface area contributed by atoms with Crippen molar-refractivity contribution in [3.05, 3.63) is 59.7 Å². The van der Waals surface area contributed by atoms with Gasteiger partial charge in [0.05, 0.1) is 18.0 Å². The molecule has 2 N–H and O–H groups in total. The standard InChI is InChI=1S/C15H17NO3S2/c1-20-15-5-3-2-4-14(15)16-21(18,19)11-13-8-6-12(10-17)7-9-13/h2-9,16-17H,10-11H2,1H3. The lowest BCUT2D eigenvalue weighted by Gasteiger charge is -2.11. The Kier molecular flexibility index (Phi) is 5.27. The van der Waals surface area contributed by atoms with E-state index in [0.29, 0.717) is 11.3 Å². The average Bonchev–Trinajstić information content (AvgIpc) is 2.47. The number of hydrogen-bond donors (Lipinski definition) is 2. The van der Waals surface area contributed by atoms with E-state index in [4.69, 9.17) is 5.11 Å². The molecule has 0 bridgehead atoms. The summed E-state index contributed by atoms with van der Waals surface area (Å²) in [5, 5.41) is 8.98. The fourth-order valence-electron chi connectivity index (χ4n) is 1.89. The van der Waals surface area contributed by atoms with Crippen LogP contribution >= 0.6 is 11.8 Å². The van der Waals surface area contributed by atoms with Crippen molar-refractivity contribution >= 4 is 27.5 Å². The molecule has 0 aromatic heterocycles. The average molecular weight is 323 g/mol. The molecule has 6 heteroatoms. The molecule has 112 valence electrons. The van der Waals surface area contributed by atoms with Crippen LogP contribution in [-0.2, 0) is 22.4 Å². The Bertz CT molecular complexity index is 697. The molecule has 4 nitrogen and oxygen atoms in total. The van der Waals surface area contributed by atoms with Crippen LogP contribution in [0.1, 0.15) is 11.1 Å². The Labute approximate surface area is 129 Å². The predicted octanol–water partition coefficient (Wildman–Crippen LogP) is 2.84. The molecule has 0 unspecified atom stereocenters. The van der Waals surface area contributed by atoms with Crippen LogP contribution in [0.5, 0.6) is 0 Å². The minimum Gasteiger partial charge on any atom is -0.392 e. The van der Waals surface area contributed by atoms with Crippen LogP contribution in [0.25, 0.3) is 0 Å². The molecule has 0 aliphatic carbocycles. The van der Waals surface area contributed by atoms with Crippen molar-refractivity contribution in [2.45, 2.75) is 17.3 Å². The third kappa shape index (κ3) is 4.49. The Morgan fingerprint density at radius 2 is 1.67 bits per heavy atom. The summed E-state index contributed by atoms with van der Waals surface area (Å²) in [4.78, 5) is 0.886. The Morgan fingerprint density at radius 3 is 2.29 bits per heavy atom. The van der Waals surface area contributed by atoms with E-state index >= 15 is 0 Å². The number of aliphatic hydroxyl groups excluding tert-OH is 1. The molecule has 0 fully saturated rings. The first-order valence-corrected chi connectivity index (χ1v) is 9.24. The van der Waals surface area contributed by atoms with Crippen molar-refractivity contribution in [3.8, 4) is 0 Å². The van der Waals surface area contributed by atoms with E-state index in [0.717, 1.165) is 10.5 Å². The van der Waals surface area contributed by atoms with Crippen LogP contribution < -0.4 is 4.72 Å². The Hall–Kier alpha value is -1.50. The summed E-state index contributed by atoms with van der Waals surface area (Å²) in [6.07, 6.45) is 1.90. The fraction of sp³-hybridized carbons (Fsp3) is 0.200. The van der Waals surface area contributed by atoms with Crippen molar-refractivity contribution < 1.29 is 13.5 Å². The molecule has 0 saturated heterocycles. The molecular weight excluding hydrogens is 306 g/mol. The van der Waals surface area contributed by atoms with Gasteiger partial charge in [0.1, 0.15) is 0 Å². The highest BCUT2D eigenvalue weighted by Crippen LogP contribution is 2.26. The van der Waals surface area contributed by atoms with Crippen LogP contribution in [0.3, 0.4) is 0 Å². The van der Waals surface area contributed by atoms with Gasteiger partial charge in [-0.2, -0.15) is 0 Å². The van der Waals surface area contributed by atoms with Crippen molar-refractivity contribution in [3.63, 3.8) is 0 Å². The van der Waals surface area contributed by atoms with E-state index < -0.39 is 10.0 Å². The molecule has 0 spiro atoms. The highest BCUT2D eigenvalue weighted by molar-refractivity contribution is 7.99. The molecule has 2 aromatic rings. The van der Waals surface area contributed by atoms with Gasteiger partial charge < -0.3 is 5.11 Å². The minimum atomic E-state index is -3.47. The summed E-state index contributed by atoms with van der Waals surface area (Å²) < 4.78 is 27.1. The van der Waals surface area contributed by atoms with Gasteiger partial charge in [-0.15, -0.1) is 11.8 Å². The zero-order valence-electron chi connectivity index (χ0n) is 11.6. The maximum Gasteiger partial charge on any atom is 0.236 e. The van der Waals surface area contributed by atoms with Crippen molar-refractivity contribution in [2.24, 2.45) is 0 Å². The molecule has 2 rings (SSSR count). The number of hydrogen-bond acceptors (Lipinski definition) is 4. The summed E-state index contributed by atoms with van der Waals surface area (Å²) in [5.41, 5.74) is 2.04. The zero-order chi connectivity index (χ0) is 15.3. The lowest BCUT2D eigenvalue weighted by atomic mass is 10.2. The summed E-state index contributed by atoms with van der Waals surface area (Å²) >= 11 is 1.49. The quantitative estimate of drug-likeness (QED) is 0.802. The van der Waals surface area contributed by atoms with Crippen LogP contribution in [0, 0.1) is 0 Å². The predicted molar refractivity (Wildman–Crippen MR) is 86.8 cm³/mol. The van der Waals surface area contributed by atoms with E-state index in [2.05, 4.69) is 4.72 Å². The highest BCUT2D eigenvalue weighted by Gasteiger charge is 2.13. The number of nitrogens with one attached hydrogen (secondary N) is 1. The number of anilines is 1. The third-order valence-corrected chi connectivity index (χ3v) is 4.97. The Balaban J connectivity index is 2.14. The first kappa shape index (κ1) is 15.9. The zero-order valence-corrected chi connectivity index (χ0v) is 13.2. The third-order valence-electron chi connectivity index (χ3n) is 2.93. The van der Waals surface area contributed by atoms with E-state index in [1.165, 1.54) is 11.8 Å². The minimum absolute atomic E-state index is 0.0492. The number of para-hydroxylation sites is 1. The monoisotopic (exact) mass is 323 g/mol. The summed E-state index contributed by atoms with van der Waals surface area (Å²) in [7, 11) is -3.47. The molecule has 0 radical (unpaired) electrons. The molecule has 0 saturated carbocycles. The van der Waals surface area contributed by atoms with E-state index in [-0.39, 0.29) is 12.4 Å². The number of aliphatic hydroxyl groups is 1. The van der Waals surface area contributed by atoms with E-state index in [1.807, 2.05) is 18.4 Å². The maximum absolute atomic E-state index is 12.2. The van der Waals surface area contributed by atoms with Gasteiger partial charge in [0, 0.05) is 4.90 Å². The van der Waals surface area contributed by atoms with Gasteiger partial charge in [-0.3, -0.25) is 4.72 Å². The van der Waals surface area contributed by atoms with E-state index in [1.54, 1.807) is 36.4 Å². The molecule has 0 heterocycles. The van der Waals surface area contributed by atoms with Crippen molar-refractivity contribution in [1.82, 2.24) is 0 Å². The Morgan fingerprint density at radius 1 is 1.05 bits per heavy atom. The first-order chi connectivity index (χ1) is 10.0. The van der Waals surface area contributed by atoms with Gasteiger partial charge >= 0.3 is 0 Å². The van der Waals surface area contributed by atoms with Crippen molar-refractivity contribution in [2.75, 3.05) is 11.0 Å². The summed E-state index contributed by atoms with van der Waals surface area (Å²) in [6.45, 7) is -0.0492. The maximum atomic E-state index is 12.2. The highest BCUT2D eigenvalue weighted by atomic mass is 32.2. The molecule has 0 amide bonds. The van der Waals surface area contributed by atoms with Gasteiger partial charge in [0.2, 0.25) is 10.0 Å². The van der Waals surface area contributed by atoms with Crippen molar-refractivity contribution in [1.29, 1.82) is 0 Å². The fourth-order valence-corrected chi connectivity index (χ4v) is 3.73. The molecule has 0 atom stereocenters. The number of benzene rings is 2. The first-order valence-electron chi connectivity index (χ1n) is 6.36. The van der Waals surface area contributed by atoms with Crippen LogP contribution in [0.4, 0.5) is 5.69 Å². The largest absolute Gasteiger partial charge is 0.392 e. The summed E-state index contributed by atoms with van der Waals surface area (Å²) in [6, 6.07) is 14.2. The normalized spacial score (nSPS) is 11.3. The van der Waals surface area contributed by atoms with Gasteiger partial charge in [-0.05, 0) is 29.5 Å². The second kappa shape index (κ2) is 6.98. The molecule has 21 heavy (non-hydrogen) atoms. The number of sulfonamides is 1. The second-order valence-electron chi connectivity index (χ2n) is 4.54. The van der Waals surface area contributed by atoms with Crippen LogP contribution in [0.2, 0.25) is 0 Å². The molecular formula is C15H17NO3S2. The topological polar surface area (TPSA) is 66.4 Å². The van der Waals surface area contributed by atoms with Gasteiger partial charge in [-0.25, -0.2) is 8.42 Å². The number of rotatable bonds is 6. The van der Waals surface area contributed by atoms with Gasteiger partial charge in [-0.1, -0.05) is 36.4 Å². The molecule has 2 aromatic carbocycles. The number of thioether (sulfide) groups is 1. The van der Waals surface area contributed by atoms with Crippen LogP contribution in [-0.4, -0.2) is 19.8 Å². The smallest absolute Gasteiger partial charge is 0.236 e. The van der Waals surface area contributed by atoms with Gasteiger partial charge in [0.25, 0.3) is 0 Å². The molecule has 0 aliphatic rings. The SMILES string of the molecule is CSc1ccccc1NS(=O)(=O)Cc1ccc(CO)cc1. The second-order valence-corrected chi connectivity index (χ2v) is 7.11. The lowest BCUT2D eigenvalue weighted by Crippen LogP contribution is -2.15. The summed E-state index contributed by atoms with van der Waals surface area (Å²) in [5.74, 6) is -0.0958.